The van der Waals surface area contributed by atoms with E-state index in [-0.39, 0.29) is 12.1 Å². The predicted octanol–water partition coefficient (Wildman–Crippen LogP) is 3.14. The lowest BCUT2D eigenvalue weighted by molar-refractivity contribution is -0.0335. The van der Waals surface area contributed by atoms with Gasteiger partial charge in [-0.2, -0.15) is 0 Å². The molecule has 128 valence electrons. The van der Waals surface area contributed by atoms with Crippen molar-refractivity contribution >= 4 is 28.3 Å². The number of ether oxygens (including phenoxy) is 1. The number of fused-ring (bicyclic) bond motifs is 4. The molecule has 3 aromatic rings. The topological polar surface area (TPSA) is 56.1 Å². The van der Waals surface area contributed by atoms with Crippen molar-refractivity contribution < 1.29 is 4.74 Å². The average Bonchev–Trinajstić information content (AvgIpc) is 3.10. The maximum Gasteiger partial charge on any atom is 0.129 e. The third-order valence-electron chi connectivity index (χ3n) is 5.22. The second-order valence-electron chi connectivity index (χ2n) is 6.78. The number of aryl methyl sites for hydroxylation is 1. The van der Waals surface area contributed by atoms with Crippen molar-refractivity contribution in [3.05, 3.63) is 46.7 Å². The van der Waals surface area contributed by atoms with Gasteiger partial charge in [-0.25, -0.2) is 9.67 Å². The third-order valence-corrected chi connectivity index (χ3v) is 5.46. The molecule has 0 radical (unpaired) electrons. The zero-order valence-corrected chi connectivity index (χ0v) is 14.6. The fourth-order valence-corrected chi connectivity index (χ4v) is 4.08. The van der Waals surface area contributed by atoms with Crippen molar-refractivity contribution in [2.75, 3.05) is 18.0 Å². The number of hydrogen-bond donors (Lipinski definition) is 0. The maximum absolute atomic E-state index is 6.15. The summed E-state index contributed by atoms with van der Waals surface area (Å²) in [5.41, 5.74) is 3.21. The van der Waals surface area contributed by atoms with Crippen molar-refractivity contribution in [1.29, 1.82) is 0 Å². The van der Waals surface area contributed by atoms with E-state index in [1.807, 2.05) is 22.9 Å². The minimum atomic E-state index is 0.111. The summed E-state index contributed by atoms with van der Waals surface area (Å²) in [6, 6.07) is 8.29. The second kappa shape index (κ2) is 5.68. The van der Waals surface area contributed by atoms with Crippen LogP contribution in [0.5, 0.6) is 0 Å². The largest absolute Gasteiger partial charge is 0.368 e. The molecular formula is C18H18ClN5O. The van der Waals surface area contributed by atoms with Crippen molar-refractivity contribution in [1.82, 2.24) is 20.0 Å². The summed E-state index contributed by atoms with van der Waals surface area (Å²) in [4.78, 5) is 7.15. The lowest BCUT2D eigenvalue weighted by Crippen LogP contribution is -2.48. The van der Waals surface area contributed by atoms with Crippen LogP contribution in [0.3, 0.4) is 0 Å². The monoisotopic (exact) mass is 355 g/mol. The number of halogens is 1. The molecule has 1 saturated heterocycles. The molecule has 2 atom stereocenters. The normalized spacial score (nSPS) is 22.7. The number of pyridine rings is 1. The number of aromatic nitrogens is 4. The SMILES string of the molecule is Cc1cc(N2CC[C@H]3[C@H](C2)OCc2cnnn23)nc2cc(Cl)ccc12. The molecule has 2 aliphatic heterocycles. The van der Waals surface area contributed by atoms with E-state index in [0.29, 0.717) is 11.6 Å². The van der Waals surface area contributed by atoms with Gasteiger partial charge >= 0.3 is 0 Å². The van der Waals surface area contributed by atoms with Crippen molar-refractivity contribution in [2.24, 2.45) is 0 Å². The zero-order valence-electron chi connectivity index (χ0n) is 13.9. The van der Waals surface area contributed by atoms with Crippen LogP contribution in [0.1, 0.15) is 23.7 Å². The van der Waals surface area contributed by atoms with E-state index in [1.165, 1.54) is 5.56 Å². The van der Waals surface area contributed by atoms with Crippen LogP contribution in [0.4, 0.5) is 5.82 Å². The van der Waals surface area contributed by atoms with Gasteiger partial charge in [-0.15, -0.1) is 5.10 Å². The van der Waals surface area contributed by atoms with Gasteiger partial charge in [0.1, 0.15) is 5.82 Å². The molecule has 25 heavy (non-hydrogen) atoms. The molecule has 0 N–H and O–H groups in total. The van der Waals surface area contributed by atoms with Crippen molar-refractivity contribution in [2.45, 2.75) is 32.1 Å². The molecular weight excluding hydrogens is 338 g/mol. The Labute approximate surface area is 150 Å². The smallest absolute Gasteiger partial charge is 0.129 e. The molecule has 0 aliphatic carbocycles. The van der Waals surface area contributed by atoms with Gasteiger partial charge in [-0.1, -0.05) is 22.9 Å². The molecule has 0 saturated carbocycles. The van der Waals surface area contributed by atoms with Crippen LogP contribution < -0.4 is 4.90 Å². The van der Waals surface area contributed by atoms with Crippen LogP contribution in [0.25, 0.3) is 10.9 Å². The number of nitrogens with zero attached hydrogens (tertiary/aromatic N) is 5. The van der Waals surface area contributed by atoms with Crippen LogP contribution >= 0.6 is 11.6 Å². The highest BCUT2D eigenvalue weighted by atomic mass is 35.5. The van der Waals surface area contributed by atoms with Gasteiger partial charge in [0.05, 0.1) is 36.2 Å². The first kappa shape index (κ1) is 15.1. The van der Waals surface area contributed by atoms with Crippen LogP contribution in [-0.4, -0.2) is 39.2 Å². The van der Waals surface area contributed by atoms with Crippen LogP contribution in [0.15, 0.2) is 30.5 Å². The zero-order chi connectivity index (χ0) is 17.0. The molecule has 0 amide bonds. The minimum absolute atomic E-state index is 0.111. The van der Waals surface area contributed by atoms with Gasteiger partial charge in [-0.3, -0.25) is 0 Å². The minimum Gasteiger partial charge on any atom is -0.368 e. The molecule has 6 nitrogen and oxygen atoms in total. The summed E-state index contributed by atoms with van der Waals surface area (Å²) in [5, 5.41) is 10.1. The summed E-state index contributed by atoms with van der Waals surface area (Å²) < 4.78 is 8.10. The van der Waals surface area contributed by atoms with Crippen LogP contribution in [-0.2, 0) is 11.3 Å². The highest BCUT2D eigenvalue weighted by molar-refractivity contribution is 6.31. The fraction of sp³-hybridized carbons (Fsp3) is 0.389. The van der Waals surface area contributed by atoms with Gasteiger partial charge in [0.2, 0.25) is 0 Å². The molecule has 2 aliphatic rings. The molecule has 0 unspecified atom stereocenters. The predicted molar refractivity (Wildman–Crippen MR) is 96.0 cm³/mol. The summed E-state index contributed by atoms with van der Waals surface area (Å²) in [6.07, 6.45) is 2.87. The number of hydrogen-bond acceptors (Lipinski definition) is 5. The van der Waals surface area contributed by atoms with Crippen LogP contribution in [0.2, 0.25) is 5.02 Å². The molecule has 1 aromatic carbocycles. The second-order valence-corrected chi connectivity index (χ2v) is 7.22. The van der Waals surface area contributed by atoms with Gasteiger partial charge in [0, 0.05) is 23.5 Å². The maximum atomic E-state index is 6.15. The van der Waals surface area contributed by atoms with E-state index in [1.54, 1.807) is 6.20 Å². The van der Waals surface area contributed by atoms with E-state index in [0.717, 1.165) is 41.9 Å². The standard InChI is InChI=1S/C18H18ClN5O/c1-11-6-18(21-15-7-12(19)2-3-14(11)15)23-5-4-16-17(9-23)25-10-13-8-20-22-24(13)16/h2-3,6-8,16-17H,4-5,9-10H2,1H3/t16-,17-/m0/s1. The molecule has 4 heterocycles. The average molecular weight is 356 g/mol. The van der Waals surface area contributed by atoms with Gasteiger partial charge < -0.3 is 9.64 Å². The van der Waals surface area contributed by atoms with E-state index < -0.39 is 0 Å². The number of anilines is 1. The highest BCUT2D eigenvalue weighted by Crippen LogP contribution is 2.33. The van der Waals surface area contributed by atoms with E-state index >= 15 is 0 Å². The Bertz CT molecular complexity index is 956. The van der Waals surface area contributed by atoms with E-state index in [4.69, 9.17) is 21.3 Å². The van der Waals surface area contributed by atoms with Crippen LogP contribution in [0, 0.1) is 6.92 Å². The van der Waals surface area contributed by atoms with Gasteiger partial charge in [0.15, 0.2) is 0 Å². The lowest BCUT2D eigenvalue weighted by Gasteiger charge is -2.41. The van der Waals surface area contributed by atoms with Crippen molar-refractivity contribution in [3.63, 3.8) is 0 Å². The highest BCUT2D eigenvalue weighted by Gasteiger charge is 2.36. The number of piperidine rings is 1. The Kier molecular flexibility index (Phi) is 3.43. The Morgan fingerprint density at radius 2 is 2.20 bits per heavy atom. The molecule has 1 fully saturated rings. The van der Waals surface area contributed by atoms with Crippen molar-refractivity contribution in [3.8, 4) is 0 Å². The first-order valence-corrected chi connectivity index (χ1v) is 8.89. The quantitative estimate of drug-likeness (QED) is 0.671. The Hall–Kier alpha value is -2.18. The molecule has 5 rings (SSSR count). The molecule has 0 bridgehead atoms. The Morgan fingerprint density at radius 3 is 3.12 bits per heavy atom. The van der Waals surface area contributed by atoms with Gasteiger partial charge in [0.25, 0.3) is 0 Å². The lowest BCUT2D eigenvalue weighted by atomic mass is 10.00. The van der Waals surface area contributed by atoms with E-state index in [2.05, 4.69) is 28.2 Å². The molecule has 7 heteroatoms. The Morgan fingerprint density at radius 1 is 1.28 bits per heavy atom. The molecule has 2 aromatic heterocycles. The number of benzene rings is 1. The summed E-state index contributed by atoms with van der Waals surface area (Å²) in [7, 11) is 0. The van der Waals surface area contributed by atoms with Gasteiger partial charge in [-0.05, 0) is 37.1 Å². The third kappa shape index (κ3) is 2.48. The first-order chi connectivity index (χ1) is 12.2. The fourth-order valence-electron chi connectivity index (χ4n) is 3.92. The Balaban J connectivity index is 1.46. The summed E-state index contributed by atoms with van der Waals surface area (Å²) in [6.45, 7) is 4.42. The van der Waals surface area contributed by atoms with E-state index in [9.17, 15) is 0 Å². The number of rotatable bonds is 1. The summed E-state index contributed by atoms with van der Waals surface area (Å²) >= 11 is 6.15. The molecule has 0 spiro atoms. The first-order valence-electron chi connectivity index (χ1n) is 8.51. The summed E-state index contributed by atoms with van der Waals surface area (Å²) in [5.74, 6) is 0.985.